The minimum absolute atomic E-state index is 0.134. The standard InChI is InChI=1S/C30H48O/c1-25(2)15-9-16-27(5)20(25)12-18-29(7)22(27)10-11-23-28(6)17-14-24(31)26(3,4)21(28)13-19-30(23,29)8/h12,21-23H,9-11,13-19H2,1-8H3/t21-,22+,23+,27-,28-,29+,30+/m0/s1. The lowest BCUT2D eigenvalue weighted by atomic mass is 9.31. The van der Waals surface area contributed by atoms with Crippen molar-refractivity contribution in [2.75, 3.05) is 0 Å². The topological polar surface area (TPSA) is 17.1 Å². The van der Waals surface area contributed by atoms with Crippen molar-refractivity contribution < 1.29 is 4.79 Å². The Labute approximate surface area is 192 Å². The highest BCUT2D eigenvalue weighted by Crippen LogP contribution is 2.76. The molecule has 0 aromatic heterocycles. The van der Waals surface area contributed by atoms with E-state index in [0.717, 1.165) is 24.7 Å². The lowest BCUT2D eigenvalue weighted by Gasteiger charge is -2.73. The molecule has 0 aliphatic heterocycles. The van der Waals surface area contributed by atoms with Crippen molar-refractivity contribution >= 4 is 5.78 Å². The lowest BCUT2D eigenvalue weighted by molar-refractivity contribution is -0.221. The van der Waals surface area contributed by atoms with Gasteiger partial charge in [0.2, 0.25) is 0 Å². The third-order valence-corrected chi connectivity index (χ3v) is 13.0. The van der Waals surface area contributed by atoms with Crippen molar-refractivity contribution in [3.63, 3.8) is 0 Å². The van der Waals surface area contributed by atoms with Gasteiger partial charge < -0.3 is 0 Å². The zero-order valence-electron chi connectivity index (χ0n) is 21.8. The van der Waals surface area contributed by atoms with Crippen LogP contribution in [0.5, 0.6) is 0 Å². The highest BCUT2D eigenvalue weighted by molar-refractivity contribution is 5.85. The van der Waals surface area contributed by atoms with Crippen LogP contribution in [0, 0.1) is 50.2 Å². The van der Waals surface area contributed by atoms with Gasteiger partial charge in [0, 0.05) is 11.8 Å². The summed E-state index contributed by atoms with van der Waals surface area (Å²) in [5.74, 6) is 2.68. The van der Waals surface area contributed by atoms with Gasteiger partial charge in [-0.05, 0) is 96.2 Å². The molecular formula is C30H48O. The molecule has 7 atom stereocenters. The van der Waals surface area contributed by atoms with Gasteiger partial charge in [0.05, 0.1) is 0 Å². The fourth-order valence-corrected chi connectivity index (χ4v) is 11.3. The van der Waals surface area contributed by atoms with Crippen LogP contribution in [0.4, 0.5) is 0 Å². The molecule has 0 spiro atoms. The summed E-state index contributed by atoms with van der Waals surface area (Å²) in [5, 5.41) is 0. The molecular weight excluding hydrogens is 376 g/mol. The lowest BCUT2D eigenvalue weighted by Crippen LogP contribution is -2.66. The molecule has 0 unspecified atom stereocenters. The van der Waals surface area contributed by atoms with Crippen molar-refractivity contribution in [3.8, 4) is 0 Å². The summed E-state index contributed by atoms with van der Waals surface area (Å²) in [6, 6.07) is 0. The summed E-state index contributed by atoms with van der Waals surface area (Å²) in [4.78, 5) is 12.9. The highest BCUT2D eigenvalue weighted by atomic mass is 16.1. The van der Waals surface area contributed by atoms with E-state index in [9.17, 15) is 4.79 Å². The molecule has 4 saturated carbocycles. The molecule has 0 radical (unpaired) electrons. The maximum absolute atomic E-state index is 12.9. The van der Waals surface area contributed by atoms with Crippen LogP contribution >= 0.6 is 0 Å². The number of hydrogen-bond donors (Lipinski definition) is 0. The van der Waals surface area contributed by atoms with Gasteiger partial charge in [-0.2, -0.15) is 0 Å². The summed E-state index contributed by atoms with van der Waals surface area (Å²) in [5.41, 5.74) is 3.55. The minimum atomic E-state index is -0.134. The molecule has 31 heavy (non-hydrogen) atoms. The molecule has 174 valence electrons. The fraction of sp³-hybridized carbons (Fsp3) is 0.900. The first-order valence-electron chi connectivity index (χ1n) is 13.5. The van der Waals surface area contributed by atoms with E-state index in [1.165, 1.54) is 51.4 Å². The second-order valence-electron chi connectivity index (χ2n) is 14.7. The monoisotopic (exact) mass is 424 g/mol. The van der Waals surface area contributed by atoms with Crippen LogP contribution in [-0.2, 0) is 4.79 Å². The fourth-order valence-electron chi connectivity index (χ4n) is 11.3. The van der Waals surface area contributed by atoms with Crippen molar-refractivity contribution in [2.45, 2.75) is 120 Å². The minimum Gasteiger partial charge on any atom is -0.299 e. The number of rotatable bonds is 0. The molecule has 1 heteroatoms. The van der Waals surface area contributed by atoms with E-state index in [1.54, 1.807) is 5.57 Å². The average Bonchev–Trinajstić information content (AvgIpc) is 2.65. The summed E-state index contributed by atoms with van der Waals surface area (Å²) in [6.07, 6.45) is 15.5. The molecule has 5 aliphatic rings. The van der Waals surface area contributed by atoms with Gasteiger partial charge in [-0.15, -0.1) is 0 Å². The van der Waals surface area contributed by atoms with Crippen molar-refractivity contribution in [1.29, 1.82) is 0 Å². The Morgan fingerprint density at radius 3 is 2.13 bits per heavy atom. The molecule has 0 amide bonds. The van der Waals surface area contributed by atoms with Gasteiger partial charge >= 0.3 is 0 Å². The molecule has 0 aromatic carbocycles. The molecule has 0 bridgehead atoms. The zero-order chi connectivity index (χ0) is 22.7. The molecule has 5 rings (SSSR count). The van der Waals surface area contributed by atoms with Crippen molar-refractivity contribution in [2.24, 2.45) is 50.2 Å². The molecule has 5 aliphatic carbocycles. The van der Waals surface area contributed by atoms with E-state index in [4.69, 9.17) is 0 Å². The Hall–Kier alpha value is -0.590. The van der Waals surface area contributed by atoms with Gasteiger partial charge in [0.15, 0.2) is 0 Å². The number of ketones is 1. The van der Waals surface area contributed by atoms with Crippen LogP contribution in [0.1, 0.15) is 120 Å². The Bertz CT molecular complexity index is 831. The van der Waals surface area contributed by atoms with E-state index in [2.05, 4.69) is 61.5 Å². The van der Waals surface area contributed by atoms with Gasteiger partial charge in [-0.1, -0.05) is 73.5 Å². The molecule has 0 saturated heterocycles. The Balaban J connectivity index is 1.59. The van der Waals surface area contributed by atoms with Crippen LogP contribution in [0.2, 0.25) is 0 Å². The van der Waals surface area contributed by atoms with Gasteiger partial charge in [0.25, 0.3) is 0 Å². The smallest absolute Gasteiger partial charge is 0.138 e. The molecule has 4 fully saturated rings. The second-order valence-corrected chi connectivity index (χ2v) is 14.7. The summed E-state index contributed by atoms with van der Waals surface area (Å²) < 4.78 is 0. The van der Waals surface area contributed by atoms with E-state index < -0.39 is 0 Å². The normalized spacial score (nSPS) is 52.8. The van der Waals surface area contributed by atoms with E-state index in [-0.39, 0.29) is 5.41 Å². The highest BCUT2D eigenvalue weighted by Gasteiger charge is 2.69. The average molecular weight is 425 g/mol. The number of carbonyl (C=O) groups is 1. The van der Waals surface area contributed by atoms with E-state index in [1.807, 2.05) is 0 Å². The molecule has 0 N–H and O–H groups in total. The first-order chi connectivity index (χ1) is 14.2. The van der Waals surface area contributed by atoms with Crippen LogP contribution in [-0.4, -0.2) is 5.78 Å². The SMILES string of the molecule is CC1(C)CCC[C@@]2(C)C1=CC[C@]1(C)[C@@H]2CC[C@@H]2[C@@]3(C)CCC(=O)C(C)(C)[C@@H]3CC[C@]21C. The number of allylic oxidation sites excluding steroid dienone is 2. The Kier molecular flexibility index (Phi) is 4.51. The van der Waals surface area contributed by atoms with Crippen LogP contribution < -0.4 is 0 Å². The third-order valence-electron chi connectivity index (χ3n) is 13.0. The van der Waals surface area contributed by atoms with Crippen molar-refractivity contribution in [3.05, 3.63) is 11.6 Å². The number of hydrogen-bond acceptors (Lipinski definition) is 1. The molecule has 0 heterocycles. The van der Waals surface area contributed by atoms with Gasteiger partial charge in [-0.3, -0.25) is 4.79 Å². The largest absolute Gasteiger partial charge is 0.299 e. The summed E-state index contributed by atoms with van der Waals surface area (Å²) >= 11 is 0. The van der Waals surface area contributed by atoms with E-state index in [0.29, 0.717) is 38.8 Å². The predicted octanol–water partition coefficient (Wildman–Crippen LogP) is 8.38. The Morgan fingerprint density at radius 1 is 0.742 bits per heavy atom. The second kappa shape index (κ2) is 6.29. The van der Waals surface area contributed by atoms with Gasteiger partial charge in [0.1, 0.15) is 5.78 Å². The van der Waals surface area contributed by atoms with Crippen LogP contribution in [0.15, 0.2) is 11.6 Å². The predicted molar refractivity (Wildman–Crippen MR) is 130 cm³/mol. The third kappa shape index (κ3) is 2.53. The zero-order valence-corrected chi connectivity index (χ0v) is 21.8. The van der Waals surface area contributed by atoms with Crippen LogP contribution in [0.25, 0.3) is 0 Å². The van der Waals surface area contributed by atoms with Gasteiger partial charge in [-0.25, -0.2) is 0 Å². The van der Waals surface area contributed by atoms with Crippen molar-refractivity contribution in [1.82, 2.24) is 0 Å². The summed E-state index contributed by atoms with van der Waals surface area (Å²) in [7, 11) is 0. The molecule has 1 nitrogen and oxygen atoms in total. The Morgan fingerprint density at radius 2 is 1.42 bits per heavy atom. The maximum Gasteiger partial charge on any atom is 0.138 e. The first kappa shape index (κ1) is 22.2. The quantitative estimate of drug-likeness (QED) is 0.357. The van der Waals surface area contributed by atoms with E-state index >= 15 is 0 Å². The number of Topliss-reactive ketones (excluding diaryl/α,β-unsaturated/α-hetero) is 1. The first-order valence-corrected chi connectivity index (χ1v) is 13.5. The van der Waals surface area contributed by atoms with Crippen LogP contribution in [0.3, 0.4) is 0 Å². The maximum atomic E-state index is 12.9. The number of fused-ring (bicyclic) bond motifs is 7. The number of carbonyl (C=O) groups excluding carboxylic acids is 1. The summed E-state index contributed by atoms with van der Waals surface area (Å²) in [6.45, 7) is 20.2. The molecule has 0 aromatic rings.